The van der Waals surface area contributed by atoms with E-state index < -0.39 is 5.97 Å². The average molecular weight is 374 g/mol. The average Bonchev–Trinajstić information content (AvgIpc) is 2.44. The third-order valence-electron chi connectivity index (χ3n) is 3.19. The lowest BCUT2D eigenvalue weighted by Crippen LogP contribution is -2.35. The maximum absolute atomic E-state index is 11.0. The first-order valence-corrected chi connectivity index (χ1v) is 8.13. The monoisotopic (exact) mass is 373 g/mol. The molecule has 0 aliphatic heterocycles. The van der Waals surface area contributed by atoms with Gasteiger partial charge in [-0.15, -0.1) is 0 Å². The molecule has 1 aromatic rings. The Morgan fingerprint density at radius 3 is 2.59 bits per heavy atom. The zero-order valence-corrected chi connectivity index (χ0v) is 15.1. The van der Waals surface area contributed by atoms with Gasteiger partial charge < -0.3 is 14.6 Å². The van der Waals surface area contributed by atoms with E-state index in [0.29, 0.717) is 24.7 Å². The largest absolute Gasteiger partial charge is 0.493 e. The van der Waals surface area contributed by atoms with Crippen molar-refractivity contribution in [2.45, 2.75) is 39.8 Å². The summed E-state index contributed by atoms with van der Waals surface area (Å²) in [5, 5.41) is 9.01. The molecule has 0 radical (unpaired) electrons. The second-order valence-electron chi connectivity index (χ2n) is 5.35. The molecule has 0 bridgehead atoms. The molecule has 0 amide bonds. The lowest BCUT2D eigenvalue weighted by Gasteiger charge is -2.25. The summed E-state index contributed by atoms with van der Waals surface area (Å²) in [7, 11) is 1.60. The van der Waals surface area contributed by atoms with Crippen LogP contribution in [0, 0.1) is 0 Å². The van der Waals surface area contributed by atoms with Crippen molar-refractivity contribution in [3.05, 3.63) is 22.2 Å². The van der Waals surface area contributed by atoms with Crippen LogP contribution in [0.2, 0.25) is 0 Å². The van der Waals surface area contributed by atoms with Crippen molar-refractivity contribution < 1.29 is 19.4 Å². The van der Waals surface area contributed by atoms with Gasteiger partial charge >= 0.3 is 5.97 Å². The summed E-state index contributed by atoms with van der Waals surface area (Å²) in [5.41, 5.74) is 0.975. The molecule has 0 aromatic heterocycles. The molecule has 0 aliphatic rings. The van der Waals surface area contributed by atoms with E-state index in [-0.39, 0.29) is 12.6 Å². The molecule has 0 saturated carbocycles. The number of rotatable bonds is 9. The van der Waals surface area contributed by atoms with Crippen LogP contribution in [0.15, 0.2) is 16.6 Å². The van der Waals surface area contributed by atoms with Crippen molar-refractivity contribution in [1.82, 2.24) is 4.90 Å². The van der Waals surface area contributed by atoms with Crippen LogP contribution in [0.4, 0.5) is 0 Å². The predicted octanol–water partition coefficient (Wildman–Crippen LogP) is 3.54. The Kier molecular flexibility index (Phi) is 7.68. The number of halogens is 1. The second-order valence-corrected chi connectivity index (χ2v) is 6.20. The van der Waals surface area contributed by atoms with Crippen LogP contribution < -0.4 is 9.47 Å². The number of carboxylic acids is 1. The first-order chi connectivity index (χ1) is 10.4. The highest BCUT2D eigenvalue weighted by molar-refractivity contribution is 9.10. The van der Waals surface area contributed by atoms with Crippen LogP contribution in [0.1, 0.15) is 32.8 Å². The summed E-state index contributed by atoms with van der Waals surface area (Å²) in [4.78, 5) is 12.9. The molecule has 0 atom stereocenters. The Morgan fingerprint density at radius 1 is 1.41 bits per heavy atom. The molecule has 1 aromatic carbocycles. The molecule has 0 unspecified atom stereocenters. The maximum Gasteiger partial charge on any atom is 0.317 e. The van der Waals surface area contributed by atoms with E-state index in [4.69, 9.17) is 14.6 Å². The molecule has 0 aliphatic carbocycles. The summed E-state index contributed by atoms with van der Waals surface area (Å²) in [6, 6.07) is 3.98. The molecule has 0 saturated heterocycles. The number of hydrogen-bond donors (Lipinski definition) is 1. The van der Waals surface area contributed by atoms with Crippen LogP contribution in [-0.4, -0.2) is 42.3 Å². The summed E-state index contributed by atoms with van der Waals surface area (Å²) in [6.45, 7) is 7.16. The summed E-state index contributed by atoms with van der Waals surface area (Å²) in [5.74, 6) is 0.502. The van der Waals surface area contributed by atoms with Gasteiger partial charge in [0.25, 0.3) is 0 Å². The maximum atomic E-state index is 11.0. The number of methoxy groups -OCH3 is 1. The smallest absolute Gasteiger partial charge is 0.317 e. The minimum absolute atomic E-state index is 0.00564. The van der Waals surface area contributed by atoms with E-state index in [9.17, 15) is 4.79 Å². The fourth-order valence-corrected chi connectivity index (χ4v) is 2.64. The normalized spacial score (nSPS) is 11.0. The minimum Gasteiger partial charge on any atom is -0.493 e. The van der Waals surface area contributed by atoms with Crippen molar-refractivity contribution in [2.24, 2.45) is 0 Å². The molecule has 0 fully saturated rings. The van der Waals surface area contributed by atoms with Crippen molar-refractivity contribution in [3.8, 4) is 11.5 Å². The van der Waals surface area contributed by atoms with Gasteiger partial charge in [-0.1, -0.05) is 6.92 Å². The number of aliphatic carboxylic acids is 1. The molecule has 1 rings (SSSR count). The number of nitrogens with zero attached hydrogens (tertiary/aromatic N) is 1. The van der Waals surface area contributed by atoms with E-state index in [1.807, 2.05) is 37.8 Å². The third kappa shape index (κ3) is 5.50. The van der Waals surface area contributed by atoms with E-state index in [1.165, 1.54) is 0 Å². The van der Waals surface area contributed by atoms with E-state index in [1.54, 1.807) is 7.11 Å². The number of carbonyl (C=O) groups is 1. The van der Waals surface area contributed by atoms with Crippen molar-refractivity contribution in [3.63, 3.8) is 0 Å². The molecule has 5 nitrogen and oxygen atoms in total. The minimum atomic E-state index is -0.831. The molecule has 0 heterocycles. The second kappa shape index (κ2) is 9.00. The van der Waals surface area contributed by atoms with Gasteiger partial charge in [0.2, 0.25) is 0 Å². The lowest BCUT2D eigenvalue weighted by atomic mass is 10.1. The fraction of sp³-hybridized carbons (Fsp3) is 0.562. The van der Waals surface area contributed by atoms with E-state index in [0.717, 1.165) is 16.5 Å². The Balaban J connectivity index is 3.00. The molecule has 6 heteroatoms. The molecular weight excluding hydrogens is 350 g/mol. The summed E-state index contributed by atoms with van der Waals surface area (Å²) >= 11 is 3.51. The van der Waals surface area contributed by atoms with Crippen LogP contribution >= 0.6 is 15.9 Å². The Hall–Kier alpha value is -1.27. The van der Waals surface area contributed by atoms with Gasteiger partial charge in [0.05, 0.1) is 24.7 Å². The van der Waals surface area contributed by atoms with Crippen molar-refractivity contribution in [1.29, 1.82) is 0 Å². The van der Waals surface area contributed by atoms with Crippen molar-refractivity contribution in [2.75, 3.05) is 20.3 Å². The zero-order chi connectivity index (χ0) is 16.7. The molecule has 124 valence electrons. The topological polar surface area (TPSA) is 59.0 Å². The van der Waals surface area contributed by atoms with E-state index >= 15 is 0 Å². The Bertz CT molecular complexity index is 505. The van der Waals surface area contributed by atoms with Gasteiger partial charge in [-0.25, -0.2) is 0 Å². The lowest BCUT2D eigenvalue weighted by molar-refractivity contribution is -0.138. The summed E-state index contributed by atoms with van der Waals surface area (Å²) in [6.07, 6.45) is 0.914. The predicted molar refractivity (Wildman–Crippen MR) is 89.7 cm³/mol. The van der Waals surface area contributed by atoms with Crippen molar-refractivity contribution >= 4 is 21.9 Å². The van der Waals surface area contributed by atoms with Crippen LogP contribution in [0.3, 0.4) is 0 Å². The fourth-order valence-electron chi connectivity index (χ4n) is 2.04. The van der Waals surface area contributed by atoms with Gasteiger partial charge in [0, 0.05) is 12.6 Å². The number of hydrogen-bond acceptors (Lipinski definition) is 4. The molecular formula is C16H24BrNO4. The van der Waals surface area contributed by atoms with Gasteiger partial charge in [-0.05, 0) is 53.9 Å². The molecule has 1 N–H and O–H groups in total. The van der Waals surface area contributed by atoms with Gasteiger partial charge in [-0.2, -0.15) is 0 Å². The quantitative estimate of drug-likeness (QED) is 0.717. The molecule has 22 heavy (non-hydrogen) atoms. The summed E-state index contributed by atoms with van der Waals surface area (Å²) < 4.78 is 11.9. The third-order valence-corrected chi connectivity index (χ3v) is 3.78. The highest BCUT2D eigenvalue weighted by Gasteiger charge is 2.17. The zero-order valence-electron chi connectivity index (χ0n) is 13.6. The van der Waals surface area contributed by atoms with Gasteiger partial charge in [0.1, 0.15) is 0 Å². The SMILES string of the molecule is CCCOc1c(Br)cc(CN(CC(=O)O)C(C)C)cc1OC. The van der Waals surface area contributed by atoms with Gasteiger partial charge in [0.15, 0.2) is 11.5 Å². The number of carboxylic acid groups (broad SMARTS) is 1. The van der Waals surface area contributed by atoms with Gasteiger partial charge in [-0.3, -0.25) is 9.69 Å². The standard InChI is InChI=1S/C16H24BrNO4/c1-5-6-22-16-13(17)7-12(8-14(16)21-4)9-18(11(2)3)10-15(19)20/h7-8,11H,5-6,9-10H2,1-4H3,(H,19,20). The highest BCUT2D eigenvalue weighted by atomic mass is 79.9. The van der Waals surface area contributed by atoms with E-state index in [2.05, 4.69) is 15.9 Å². The number of ether oxygens (including phenoxy) is 2. The first kappa shape index (κ1) is 18.8. The molecule has 0 spiro atoms. The Morgan fingerprint density at radius 2 is 2.09 bits per heavy atom. The highest BCUT2D eigenvalue weighted by Crippen LogP contribution is 2.37. The Labute approximate surface area is 140 Å². The van der Waals surface area contributed by atoms with Crippen LogP contribution in [0.5, 0.6) is 11.5 Å². The number of benzene rings is 1. The van der Waals surface area contributed by atoms with Crippen LogP contribution in [0.25, 0.3) is 0 Å². The van der Waals surface area contributed by atoms with Crippen LogP contribution in [-0.2, 0) is 11.3 Å². The first-order valence-electron chi connectivity index (χ1n) is 7.34.